The molecule has 0 saturated carbocycles. The number of H-pyrrole nitrogens is 1. The Morgan fingerprint density at radius 2 is 2.06 bits per heavy atom. The van der Waals surface area contributed by atoms with Crippen molar-refractivity contribution in [3.63, 3.8) is 0 Å². The van der Waals surface area contributed by atoms with Gasteiger partial charge in [-0.1, -0.05) is 0 Å². The van der Waals surface area contributed by atoms with E-state index in [-0.39, 0.29) is 18.9 Å². The van der Waals surface area contributed by atoms with Crippen LogP contribution in [0.4, 0.5) is 19.0 Å². The summed E-state index contributed by atoms with van der Waals surface area (Å²) >= 11 is 0. The predicted octanol–water partition coefficient (Wildman–Crippen LogP) is 0.680. The van der Waals surface area contributed by atoms with Crippen molar-refractivity contribution >= 4 is 17.0 Å². The first-order valence-corrected chi connectivity index (χ1v) is 5.17. The van der Waals surface area contributed by atoms with Gasteiger partial charge < -0.3 is 15.6 Å². The molecule has 0 bridgehead atoms. The van der Waals surface area contributed by atoms with Crippen molar-refractivity contribution in [2.45, 2.75) is 6.18 Å². The summed E-state index contributed by atoms with van der Waals surface area (Å²) in [6.45, 7) is -0.976. The van der Waals surface area contributed by atoms with Gasteiger partial charge in [-0.2, -0.15) is 13.2 Å². The molecule has 9 heteroatoms. The summed E-state index contributed by atoms with van der Waals surface area (Å²) in [5.41, 5.74) is 6.02. The molecule has 0 fully saturated rings. The Balaban J connectivity index is 2.38. The third-order valence-electron chi connectivity index (χ3n) is 2.27. The standard InChI is InChI=1S/C9H11F3N6/c10-9(11,12)3-18(2-1-13)8-6-7(15-4-14-6)16-5-17-8/h4-5H,1-3,13H2,(H,14,15,16,17). The molecule has 0 atom stereocenters. The third-order valence-corrected chi connectivity index (χ3v) is 2.27. The quantitative estimate of drug-likeness (QED) is 0.844. The first-order valence-electron chi connectivity index (χ1n) is 5.17. The van der Waals surface area contributed by atoms with Crippen LogP contribution in [0.5, 0.6) is 0 Å². The lowest BCUT2D eigenvalue weighted by Crippen LogP contribution is -2.38. The van der Waals surface area contributed by atoms with Gasteiger partial charge in [0.1, 0.15) is 18.4 Å². The molecule has 0 aliphatic rings. The highest BCUT2D eigenvalue weighted by molar-refractivity contribution is 5.82. The Bertz CT molecular complexity index is 522. The number of alkyl halides is 3. The molecule has 0 spiro atoms. The SMILES string of the molecule is NCCN(CC(F)(F)F)c1ncnc2nc[nH]c12. The van der Waals surface area contributed by atoms with Crippen LogP contribution in [-0.2, 0) is 0 Å². The normalized spacial score (nSPS) is 12.0. The number of halogens is 3. The van der Waals surface area contributed by atoms with E-state index in [2.05, 4.69) is 19.9 Å². The lowest BCUT2D eigenvalue weighted by atomic mass is 10.4. The molecule has 0 aliphatic carbocycles. The second-order valence-corrected chi connectivity index (χ2v) is 3.62. The summed E-state index contributed by atoms with van der Waals surface area (Å²) in [5, 5.41) is 0. The van der Waals surface area contributed by atoms with Gasteiger partial charge in [0, 0.05) is 13.1 Å². The number of aromatic amines is 1. The van der Waals surface area contributed by atoms with E-state index in [0.717, 1.165) is 4.90 Å². The van der Waals surface area contributed by atoms with Crippen molar-refractivity contribution in [2.75, 3.05) is 24.5 Å². The number of rotatable bonds is 4. The molecule has 2 aromatic rings. The summed E-state index contributed by atoms with van der Waals surface area (Å²) in [7, 11) is 0. The van der Waals surface area contributed by atoms with Crippen LogP contribution in [-0.4, -0.2) is 45.7 Å². The van der Waals surface area contributed by atoms with Crippen LogP contribution in [0.1, 0.15) is 0 Å². The largest absolute Gasteiger partial charge is 0.405 e. The van der Waals surface area contributed by atoms with Crippen molar-refractivity contribution in [2.24, 2.45) is 5.73 Å². The molecule has 3 N–H and O–H groups in total. The zero-order valence-corrected chi connectivity index (χ0v) is 9.28. The van der Waals surface area contributed by atoms with Crippen molar-refractivity contribution in [1.82, 2.24) is 19.9 Å². The molecule has 98 valence electrons. The van der Waals surface area contributed by atoms with Gasteiger partial charge >= 0.3 is 6.18 Å². The maximum absolute atomic E-state index is 12.5. The fraction of sp³-hybridized carbons (Fsp3) is 0.444. The third kappa shape index (κ3) is 2.67. The molecule has 2 rings (SSSR count). The summed E-state index contributed by atoms with van der Waals surface area (Å²) in [4.78, 5) is 15.4. The summed E-state index contributed by atoms with van der Waals surface area (Å²) in [6, 6.07) is 0. The van der Waals surface area contributed by atoms with Crippen molar-refractivity contribution in [3.8, 4) is 0 Å². The monoisotopic (exact) mass is 260 g/mol. The number of hydrogen-bond donors (Lipinski definition) is 2. The molecule has 0 aliphatic heterocycles. The Morgan fingerprint density at radius 3 is 2.72 bits per heavy atom. The van der Waals surface area contributed by atoms with Crippen LogP contribution in [0.15, 0.2) is 12.7 Å². The summed E-state index contributed by atoms with van der Waals surface area (Å²) < 4.78 is 37.5. The first-order chi connectivity index (χ1) is 8.51. The van der Waals surface area contributed by atoms with Crippen LogP contribution in [0, 0.1) is 0 Å². The molecule has 0 saturated heterocycles. The molecular weight excluding hydrogens is 249 g/mol. The lowest BCUT2D eigenvalue weighted by molar-refractivity contribution is -0.119. The van der Waals surface area contributed by atoms with Gasteiger partial charge in [0.05, 0.1) is 6.33 Å². The number of fused-ring (bicyclic) bond motifs is 1. The second kappa shape index (κ2) is 4.77. The highest BCUT2D eigenvalue weighted by Crippen LogP contribution is 2.24. The van der Waals surface area contributed by atoms with Gasteiger partial charge in [0.25, 0.3) is 0 Å². The fourth-order valence-electron chi connectivity index (χ4n) is 1.62. The first kappa shape index (κ1) is 12.6. The van der Waals surface area contributed by atoms with E-state index in [1.54, 1.807) is 0 Å². The van der Waals surface area contributed by atoms with Gasteiger partial charge in [0.15, 0.2) is 11.5 Å². The number of imidazole rings is 1. The molecule has 18 heavy (non-hydrogen) atoms. The van der Waals surface area contributed by atoms with Crippen LogP contribution in [0.25, 0.3) is 11.2 Å². The maximum atomic E-state index is 12.5. The van der Waals surface area contributed by atoms with Gasteiger partial charge in [-0.3, -0.25) is 0 Å². The average Bonchev–Trinajstić information content (AvgIpc) is 2.74. The average molecular weight is 260 g/mol. The number of nitrogens with two attached hydrogens (primary N) is 1. The van der Waals surface area contributed by atoms with Gasteiger partial charge in [0.2, 0.25) is 0 Å². The molecule has 6 nitrogen and oxygen atoms in total. The highest BCUT2D eigenvalue weighted by atomic mass is 19.4. The Morgan fingerprint density at radius 1 is 1.28 bits per heavy atom. The number of aromatic nitrogens is 4. The zero-order valence-electron chi connectivity index (χ0n) is 9.28. The molecule has 2 aromatic heterocycles. The summed E-state index contributed by atoms with van der Waals surface area (Å²) in [5.74, 6) is 0.153. The van der Waals surface area contributed by atoms with Gasteiger partial charge in [-0.05, 0) is 0 Å². The minimum absolute atomic E-state index is 0.0463. The second-order valence-electron chi connectivity index (χ2n) is 3.62. The number of hydrogen-bond acceptors (Lipinski definition) is 5. The minimum Gasteiger partial charge on any atom is -0.344 e. The molecule has 0 amide bonds. The van der Waals surface area contributed by atoms with Gasteiger partial charge in [-0.25, -0.2) is 15.0 Å². The highest BCUT2D eigenvalue weighted by Gasteiger charge is 2.32. The van der Waals surface area contributed by atoms with E-state index in [9.17, 15) is 13.2 Å². The Kier molecular flexibility index (Phi) is 3.32. The molecule has 0 radical (unpaired) electrons. The fourth-order valence-corrected chi connectivity index (χ4v) is 1.62. The van der Waals surface area contributed by atoms with E-state index < -0.39 is 12.7 Å². The van der Waals surface area contributed by atoms with E-state index >= 15 is 0 Å². The lowest BCUT2D eigenvalue weighted by Gasteiger charge is -2.24. The molecule has 0 aromatic carbocycles. The molecular formula is C9H11F3N6. The minimum atomic E-state index is -4.33. The molecule has 2 heterocycles. The van der Waals surface area contributed by atoms with Crippen LogP contribution in [0.2, 0.25) is 0 Å². The zero-order chi connectivity index (χ0) is 13.2. The number of anilines is 1. The predicted molar refractivity (Wildman–Crippen MR) is 59.0 cm³/mol. The number of nitrogens with one attached hydrogen (secondary N) is 1. The molecule has 0 unspecified atom stereocenters. The van der Waals surface area contributed by atoms with Crippen molar-refractivity contribution in [1.29, 1.82) is 0 Å². The van der Waals surface area contributed by atoms with E-state index in [0.29, 0.717) is 11.2 Å². The Labute approximate surface area is 100 Å². The van der Waals surface area contributed by atoms with Crippen molar-refractivity contribution in [3.05, 3.63) is 12.7 Å². The van der Waals surface area contributed by atoms with E-state index in [1.165, 1.54) is 12.7 Å². The van der Waals surface area contributed by atoms with E-state index in [1.807, 2.05) is 0 Å². The van der Waals surface area contributed by atoms with Crippen LogP contribution in [0.3, 0.4) is 0 Å². The topological polar surface area (TPSA) is 83.7 Å². The van der Waals surface area contributed by atoms with Gasteiger partial charge in [-0.15, -0.1) is 0 Å². The van der Waals surface area contributed by atoms with Crippen molar-refractivity contribution < 1.29 is 13.2 Å². The maximum Gasteiger partial charge on any atom is 0.405 e. The smallest absolute Gasteiger partial charge is 0.344 e. The van der Waals surface area contributed by atoms with Crippen LogP contribution < -0.4 is 10.6 Å². The van der Waals surface area contributed by atoms with Crippen LogP contribution >= 0.6 is 0 Å². The Hall–Kier alpha value is -1.90. The number of nitrogens with zero attached hydrogens (tertiary/aromatic N) is 4. The van der Waals surface area contributed by atoms with E-state index in [4.69, 9.17) is 5.73 Å². The summed E-state index contributed by atoms with van der Waals surface area (Å²) in [6.07, 6.45) is -1.79.